The Morgan fingerprint density at radius 2 is 2.16 bits per heavy atom. The highest BCUT2D eigenvalue weighted by molar-refractivity contribution is 7.71. The van der Waals surface area contributed by atoms with Gasteiger partial charge < -0.3 is 9.15 Å². The Kier molecular flexibility index (Phi) is 5.57. The van der Waals surface area contributed by atoms with E-state index in [1.54, 1.807) is 35.2 Å². The van der Waals surface area contributed by atoms with Crippen molar-refractivity contribution in [3.05, 3.63) is 62.5 Å². The van der Waals surface area contributed by atoms with Crippen molar-refractivity contribution in [1.82, 2.24) is 14.9 Å². The summed E-state index contributed by atoms with van der Waals surface area (Å²) in [5.41, 5.74) is 0. The summed E-state index contributed by atoms with van der Waals surface area (Å²) in [7, 11) is 0. The summed E-state index contributed by atoms with van der Waals surface area (Å²) >= 11 is 17.0. The van der Waals surface area contributed by atoms with E-state index in [0.717, 1.165) is 5.82 Å². The van der Waals surface area contributed by atoms with Crippen molar-refractivity contribution in [2.24, 2.45) is 5.10 Å². The molecule has 130 valence electrons. The van der Waals surface area contributed by atoms with Crippen LogP contribution in [0.25, 0.3) is 0 Å². The largest absolute Gasteiger partial charge is 0.486 e. The van der Waals surface area contributed by atoms with Gasteiger partial charge in [0.05, 0.1) is 16.3 Å². The van der Waals surface area contributed by atoms with Gasteiger partial charge in [-0.15, -0.1) is 0 Å². The number of nitrogens with one attached hydrogen (secondary N) is 1. The summed E-state index contributed by atoms with van der Waals surface area (Å²) < 4.78 is 13.3. The second kappa shape index (κ2) is 7.86. The van der Waals surface area contributed by atoms with Crippen LogP contribution in [0.15, 0.2) is 39.9 Å². The first-order chi connectivity index (χ1) is 12.1. The molecule has 1 aromatic carbocycles. The third-order valence-electron chi connectivity index (χ3n) is 3.29. The number of hydrogen-bond donors (Lipinski definition) is 1. The standard InChI is InChI=1S/C16H14Cl2N4O2S/c1-2-15-20-21-16(25)22(15)19-8-11-3-4-12(24-11)9-23-10-5-6-13(17)14(18)7-10/h3-8H,2,9H2,1H3,(H,21,25). The zero-order valence-corrected chi connectivity index (χ0v) is 15.5. The molecule has 0 atom stereocenters. The Hall–Kier alpha value is -2.09. The van der Waals surface area contributed by atoms with E-state index in [1.165, 1.54) is 0 Å². The molecule has 0 spiro atoms. The van der Waals surface area contributed by atoms with Crippen molar-refractivity contribution in [3.8, 4) is 5.75 Å². The van der Waals surface area contributed by atoms with Crippen molar-refractivity contribution >= 4 is 41.6 Å². The van der Waals surface area contributed by atoms with E-state index in [1.807, 2.05) is 13.0 Å². The molecule has 25 heavy (non-hydrogen) atoms. The number of nitrogens with zero attached hydrogens (tertiary/aromatic N) is 3. The number of halogens is 2. The highest BCUT2D eigenvalue weighted by Crippen LogP contribution is 2.26. The molecule has 0 aliphatic rings. The summed E-state index contributed by atoms with van der Waals surface area (Å²) in [5.74, 6) is 2.59. The van der Waals surface area contributed by atoms with Crippen molar-refractivity contribution in [3.63, 3.8) is 0 Å². The highest BCUT2D eigenvalue weighted by atomic mass is 35.5. The van der Waals surface area contributed by atoms with Crippen LogP contribution < -0.4 is 4.74 Å². The molecule has 0 bridgehead atoms. The Bertz CT molecular complexity index is 961. The summed E-state index contributed by atoms with van der Waals surface area (Å²) in [4.78, 5) is 0. The molecule has 3 aromatic rings. The zero-order valence-electron chi connectivity index (χ0n) is 13.2. The maximum absolute atomic E-state index is 5.96. The van der Waals surface area contributed by atoms with Gasteiger partial charge in [-0.05, 0) is 36.5 Å². The molecule has 0 aliphatic carbocycles. The monoisotopic (exact) mass is 396 g/mol. The zero-order chi connectivity index (χ0) is 17.8. The fraction of sp³-hybridized carbons (Fsp3) is 0.188. The van der Waals surface area contributed by atoms with E-state index in [4.69, 9.17) is 44.6 Å². The van der Waals surface area contributed by atoms with E-state index in [9.17, 15) is 0 Å². The van der Waals surface area contributed by atoms with Crippen LogP contribution in [0.4, 0.5) is 0 Å². The fourth-order valence-corrected chi connectivity index (χ4v) is 2.54. The maximum Gasteiger partial charge on any atom is 0.216 e. The molecule has 0 radical (unpaired) electrons. The number of ether oxygens (including phenoxy) is 1. The lowest BCUT2D eigenvalue weighted by Crippen LogP contribution is -1.97. The number of H-pyrrole nitrogens is 1. The minimum Gasteiger partial charge on any atom is -0.486 e. The quantitative estimate of drug-likeness (QED) is 0.476. The molecule has 0 fully saturated rings. The minimum atomic E-state index is 0.261. The smallest absolute Gasteiger partial charge is 0.216 e. The molecule has 0 aliphatic heterocycles. The molecule has 0 saturated heterocycles. The molecule has 0 saturated carbocycles. The van der Waals surface area contributed by atoms with Gasteiger partial charge >= 0.3 is 0 Å². The van der Waals surface area contributed by atoms with Crippen LogP contribution >= 0.6 is 35.4 Å². The van der Waals surface area contributed by atoms with Gasteiger partial charge in [0.2, 0.25) is 4.77 Å². The summed E-state index contributed by atoms with van der Waals surface area (Å²) in [6.45, 7) is 2.24. The van der Waals surface area contributed by atoms with Crippen molar-refractivity contribution in [2.75, 3.05) is 0 Å². The van der Waals surface area contributed by atoms with Crippen LogP contribution in [0.5, 0.6) is 5.75 Å². The topological polar surface area (TPSA) is 68.3 Å². The van der Waals surface area contributed by atoms with Crippen molar-refractivity contribution in [1.29, 1.82) is 0 Å². The second-order valence-corrected chi connectivity index (χ2v) is 6.22. The predicted octanol–water partition coefficient (Wildman–Crippen LogP) is 4.86. The Morgan fingerprint density at radius 1 is 1.32 bits per heavy atom. The molecule has 3 rings (SSSR count). The molecule has 0 amide bonds. The number of hydrogen-bond acceptors (Lipinski definition) is 5. The van der Waals surface area contributed by atoms with E-state index < -0.39 is 0 Å². The van der Waals surface area contributed by atoms with Crippen LogP contribution in [-0.2, 0) is 13.0 Å². The van der Waals surface area contributed by atoms with Gasteiger partial charge in [-0.3, -0.25) is 5.10 Å². The maximum atomic E-state index is 5.96. The van der Waals surface area contributed by atoms with E-state index in [-0.39, 0.29) is 6.61 Å². The Morgan fingerprint density at radius 3 is 2.92 bits per heavy atom. The first kappa shape index (κ1) is 17.7. The van der Waals surface area contributed by atoms with E-state index in [2.05, 4.69) is 15.3 Å². The van der Waals surface area contributed by atoms with Gasteiger partial charge in [0.15, 0.2) is 5.82 Å². The number of benzene rings is 1. The molecular weight excluding hydrogens is 383 g/mol. The van der Waals surface area contributed by atoms with Gasteiger partial charge in [0, 0.05) is 12.5 Å². The third kappa shape index (κ3) is 4.31. The number of aromatic nitrogens is 3. The van der Waals surface area contributed by atoms with Gasteiger partial charge in [-0.25, -0.2) is 0 Å². The molecule has 2 heterocycles. The average molecular weight is 397 g/mol. The van der Waals surface area contributed by atoms with Crippen molar-refractivity contribution < 1.29 is 9.15 Å². The Balaban J connectivity index is 1.66. The van der Waals surface area contributed by atoms with Crippen LogP contribution in [0.1, 0.15) is 24.3 Å². The molecule has 6 nitrogen and oxygen atoms in total. The van der Waals surface area contributed by atoms with E-state index >= 15 is 0 Å². The summed E-state index contributed by atoms with van der Waals surface area (Å²) in [6, 6.07) is 8.69. The second-order valence-electron chi connectivity index (χ2n) is 5.02. The minimum absolute atomic E-state index is 0.261. The van der Waals surface area contributed by atoms with Crippen LogP contribution in [-0.4, -0.2) is 21.1 Å². The first-order valence-electron chi connectivity index (χ1n) is 7.44. The SMILES string of the molecule is CCc1n[nH]c(=S)n1N=Cc1ccc(COc2ccc(Cl)c(Cl)c2)o1. The molecule has 1 N–H and O–H groups in total. The predicted molar refractivity (Wildman–Crippen MR) is 99.3 cm³/mol. The molecule has 0 unspecified atom stereocenters. The molecule has 2 aromatic heterocycles. The first-order valence-corrected chi connectivity index (χ1v) is 8.60. The normalized spacial score (nSPS) is 11.3. The number of rotatable bonds is 6. The number of aryl methyl sites for hydroxylation is 1. The molecule has 9 heteroatoms. The van der Waals surface area contributed by atoms with Gasteiger partial charge in [-0.1, -0.05) is 30.1 Å². The highest BCUT2D eigenvalue weighted by Gasteiger charge is 2.05. The number of aromatic amines is 1. The number of furan rings is 1. The molecular formula is C16H14Cl2N4O2S. The van der Waals surface area contributed by atoms with Gasteiger partial charge in [-0.2, -0.15) is 14.9 Å². The van der Waals surface area contributed by atoms with Crippen LogP contribution in [0, 0.1) is 4.77 Å². The lowest BCUT2D eigenvalue weighted by molar-refractivity contribution is 0.270. The lowest BCUT2D eigenvalue weighted by atomic mass is 10.3. The van der Waals surface area contributed by atoms with Crippen LogP contribution in [0.3, 0.4) is 0 Å². The Labute approximate surface area is 159 Å². The lowest BCUT2D eigenvalue weighted by Gasteiger charge is -2.05. The van der Waals surface area contributed by atoms with E-state index in [0.29, 0.717) is 38.5 Å². The van der Waals surface area contributed by atoms with Crippen molar-refractivity contribution in [2.45, 2.75) is 20.0 Å². The fourth-order valence-electron chi connectivity index (χ4n) is 2.05. The third-order valence-corrected chi connectivity index (χ3v) is 4.29. The summed E-state index contributed by atoms with van der Waals surface area (Å²) in [5, 5.41) is 12.0. The van der Waals surface area contributed by atoms with Gasteiger partial charge in [0.1, 0.15) is 23.9 Å². The average Bonchev–Trinajstić information content (AvgIpc) is 3.20. The van der Waals surface area contributed by atoms with Gasteiger partial charge in [0.25, 0.3) is 0 Å². The van der Waals surface area contributed by atoms with Crippen LogP contribution in [0.2, 0.25) is 10.0 Å². The summed E-state index contributed by atoms with van der Waals surface area (Å²) in [6.07, 6.45) is 2.29.